The van der Waals surface area contributed by atoms with Crippen molar-refractivity contribution in [3.05, 3.63) is 35.8 Å². The zero-order chi connectivity index (χ0) is 16.7. The molecule has 0 bridgehead atoms. The molecule has 0 spiro atoms. The minimum atomic E-state index is -0.822. The Morgan fingerprint density at radius 3 is 2.32 bits per heavy atom. The van der Waals surface area contributed by atoms with Gasteiger partial charge >= 0.3 is 11.9 Å². The smallest absolute Gasteiger partial charge is 0.354 e. The van der Waals surface area contributed by atoms with Crippen LogP contribution >= 0.6 is 0 Å². The number of hydrogen-bond donors (Lipinski definition) is 2. The summed E-state index contributed by atoms with van der Waals surface area (Å²) in [6.45, 7) is 1.25. The van der Waals surface area contributed by atoms with E-state index in [9.17, 15) is 18.8 Å². The molecule has 0 aliphatic rings. The minimum absolute atomic E-state index is 0.00499. The average Bonchev–Trinajstić information content (AvgIpc) is 2.47. The first-order valence-corrected chi connectivity index (χ1v) is 6.09. The van der Waals surface area contributed by atoms with Crippen molar-refractivity contribution < 1.29 is 28.2 Å². The SMILES string of the molecule is COC(=O)/C=C(/Nc1ccc(NC(C)=O)c(F)c1)C(=O)OC. The van der Waals surface area contributed by atoms with Gasteiger partial charge in [0.2, 0.25) is 5.91 Å². The topological polar surface area (TPSA) is 93.7 Å². The number of ether oxygens (including phenoxy) is 2. The number of methoxy groups -OCH3 is 2. The number of nitrogens with one attached hydrogen (secondary N) is 2. The number of benzene rings is 1. The van der Waals surface area contributed by atoms with E-state index < -0.39 is 23.7 Å². The Bertz CT molecular complexity index is 628. The number of hydrogen-bond acceptors (Lipinski definition) is 6. The lowest BCUT2D eigenvalue weighted by Gasteiger charge is -2.10. The van der Waals surface area contributed by atoms with Gasteiger partial charge in [0.05, 0.1) is 26.0 Å². The van der Waals surface area contributed by atoms with E-state index in [-0.39, 0.29) is 17.1 Å². The molecular formula is C14H15FN2O5. The molecule has 0 fully saturated rings. The van der Waals surface area contributed by atoms with Gasteiger partial charge in [0.1, 0.15) is 11.5 Å². The van der Waals surface area contributed by atoms with E-state index in [1.807, 2.05) is 0 Å². The van der Waals surface area contributed by atoms with Crippen LogP contribution in [0.25, 0.3) is 0 Å². The Morgan fingerprint density at radius 1 is 1.14 bits per heavy atom. The highest BCUT2D eigenvalue weighted by Gasteiger charge is 2.14. The van der Waals surface area contributed by atoms with E-state index in [0.717, 1.165) is 26.4 Å². The number of carbonyl (C=O) groups excluding carboxylic acids is 3. The number of amides is 1. The van der Waals surface area contributed by atoms with Crippen molar-refractivity contribution in [1.82, 2.24) is 0 Å². The molecule has 1 amide bonds. The van der Waals surface area contributed by atoms with Crippen LogP contribution in [0.5, 0.6) is 0 Å². The summed E-state index contributed by atoms with van der Waals surface area (Å²) < 4.78 is 22.7. The summed E-state index contributed by atoms with van der Waals surface area (Å²) >= 11 is 0. The van der Waals surface area contributed by atoms with E-state index >= 15 is 0 Å². The van der Waals surface area contributed by atoms with Gasteiger partial charge in [0.25, 0.3) is 0 Å². The molecule has 0 saturated heterocycles. The molecule has 0 radical (unpaired) electrons. The van der Waals surface area contributed by atoms with Crippen LogP contribution in [-0.4, -0.2) is 32.1 Å². The molecule has 7 nitrogen and oxygen atoms in total. The largest absolute Gasteiger partial charge is 0.466 e. The van der Waals surface area contributed by atoms with Gasteiger partial charge in [-0.15, -0.1) is 0 Å². The molecule has 0 heterocycles. The van der Waals surface area contributed by atoms with Crippen molar-refractivity contribution in [3.8, 4) is 0 Å². The highest BCUT2D eigenvalue weighted by Crippen LogP contribution is 2.20. The molecule has 0 aliphatic carbocycles. The molecule has 22 heavy (non-hydrogen) atoms. The number of esters is 2. The first-order chi connectivity index (χ1) is 10.4. The van der Waals surface area contributed by atoms with Gasteiger partial charge in [0.15, 0.2) is 0 Å². The van der Waals surface area contributed by atoms with Crippen LogP contribution in [0.15, 0.2) is 30.0 Å². The maximum Gasteiger partial charge on any atom is 0.354 e. The Labute approximate surface area is 126 Å². The van der Waals surface area contributed by atoms with E-state index in [4.69, 9.17) is 0 Å². The van der Waals surface area contributed by atoms with Crippen molar-refractivity contribution in [2.75, 3.05) is 24.9 Å². The Kier molecular flexibility index (Phi) is 6.06. The molecule has 0 aliphatic heterocycles. The number of carbonyl (C=O) groups is 3. The molecule has 118 valence electrons. The molecule has 1 aromatic carbocycles. The second-order valence-electron chi connectivity index (χ2n) is 4.07. The van der Waals surface area contributed by atoms with Crippen LogP contribution in [0.4, 0.5) is 15.8 Å². The summed E-state index contributed by atoms with van der Waals surface area (Å²) in [5.41, 5.74) is -0.0391. The molecule has 2 N–H and O–H groups in total. The molecule has 1 aromatic rings. The Balaban J connectivity index is 3.01. The fourth-order valence-corrected chi connectivity index (χ4v) is 1.47. The van der Waals surface area contributed by atoms with Crippen LogP contribution in [0.3, 0.4) is 0 Å². The first-order valence-electron chi connectivity index (χ1n) is 6.09. The fraction of sp³-hybridized carbons (Fsp3) is 0.214. The lowest BCUT2D eigenvalue weighted by molar-refractivity contribution is -0.138. The van der Waals surface area contributed by atoms with Gasteiger partial charge < -0.3 is 20.1 Å². The van der Waals surface area contributed by atoms with Gasteiger partial charge in [0, 0.05) is 12.6 Å². The minimum Gasteiger partial charge on any atom is -0.466 e. The van der Waals surface area contributed by atoms with Gasteiger partial charge in [-0.3, -0.25) is 4.79 Å². The van der Waals surface area contributed by atoms with Crippen molar-refractivity contribution >= 4 is 29.2 Å². The van der Waals surface area contributed by atoms with Crippen molar-refractivity contribution in [1.29, 1.82) is 0 Å². The monoisotopic (exact) mass is 310 g/mol. The van der Waals surface area contributed by atoms with Gasteiger partial charge in [-0.05, 0) is 18.2 Å². The summed E-state index contributed by atoms with van der Waals surface area (Å²) in [4.78, 5) is 33.7. The maximum absolute atomic E-state index is 13.8. The Morgan fingerprint density at radius 2 is 1.82 bits per heavy atom. The zero-order valence-electron chi connectivity index (χ0n) is 12.2. The summed E-state index contributed by atoms with van der Waals surface area (Å²) in [6, 6.07) is 3.79. The van der Waals surface area contributed by atoms with Crippen LogP contribution in [-0.2, 0) is 23.9 Å². The summed E-state index contributed by atoms with van der Waals surface area (Å²) in [5, 5.41) is 4.86. The Hall–Kier alpha value is -2.90. The first kappa shape index (κ1) is 17.2. The highest BCUT2D eigenvalue weighted by atomic mass is 19.1. The molecule has 1 rings (SSSR count). The zero-order valence-corrected chi connectivity index (χ0v) is 12.2. The van der Waals surface area contributed by atoms with Crippen molar-refractivity contribution in [2.45, 2.75) is 6.92 Å². The molecule has 0 saturated carbocycles. The lowest BCUT2D eigenvalue weighted by Crippen LogP contribution is -2.15. The fourth-order valence-electron chi connectivity index (χ4n) is 1.47. The van der Waals surface area contributed by atoms with E-state index in [0.29, 0.717) is 0 Å². The third kappa shape index (κ3) is 4.89. The molecule has 0 unspecified atom stereocenters. The van der Waals surface area contributed by atoms with E-state index in [1.54, 1.807) is 0 Å². The van der Waals surface area contributed by atoms with Gasteiger partial charge in [-0.1, -0.05) is 0 Å². The molecule has 8 heteroatoms. The van der Waals surface area contributed by atoms with E-state index in [2.05, 4.69) is 20.1 Å². The van der Waals surface area contributed by atoms with Crippen LogP contribution in [0.2, 0.25) is 0 Å². The lowest BCUT2D eigenvalue weighted by atomic mass is 10.2. The van der Waals surface area contributed by atoms with Crippen LogP contribution < -0.4 is 10.6 Å². The summed E-state index contributed by atoms with van der Waals surface area (Å²) in [6.07, 6.45) is 0.880. The average molecular weight is 310 g/mol. The number of halogens is 1. The van der Waals surface area contributed by atoms with Crippen molar-refractivity contribution in [2.24, 2.45) is 0 Å². The molecule has 0 aromatic heterocycles. The number of rotatable bonds is 5. The third-order valence-electron chi connectivity index (χ3n) is 2.43. The molecule has 0 atom stereocenters. The standard InChI is InChI=1S/C14H15FN2O5/c1-8(18)16-11-5-4-9(6-10(11)15)17-12(14(20)22-3)7-13(19)21-2/h4-7,17H,1-3H3,(H,16,18)/b12-7+. The highest BCUT2D eigenvalue weighted by molar-refractivity contribution is 5.98. The summed E-state index contributed by atoms with van der Waals surface area (Å²) in [5.74, 6) is -2.72. The number of anilines is 2. The predicted octanol–water partition coefficient (Wildman–Crippen LogP) is 1.43. The summed E-state index contributed by atoms with van der Waals surface area (Å²) in [7, 11) is 2.28. The normalized spacial score (nSPS) is 10.6. The van der Waals surface area contributed by atoms with E-state index in [1.165, 1.54) is 19.1 Å². The van der Waals surface area contributed by atoms with Gasteiger partial charge in [-0.2, -0.15) is 0 Å². The van der Waals surface area contributed by atoms with Gasteiger partial charge in [-0.25, -0.2) is 14.0 Å². The predicted molar refractivity (Wildman–Crippen MR) is 76.4 cm³/mol. The third-order valence-corrected chi connectivity index (χ3v) is 2.43. The van der Waals surface area contributed by atoms with Crippen LogP contribution in [0, 0.1) is 5.82 Å². The van der Waals surface area contributed by atoms with Crippen LogP contribution in [0.1, 0.15) is 6.92 Å². The van der Waals surface area contributed by atoms with Crippen molar-refractivity contribution in [3.63, 3.8) is 0 Å². The second kappa shape index (κ2) is 7.77. The maximum atomic E-state index is 13.8. The quantitative estimate of drug-likeness (QED) is 0.631. The second-order valence-corrected chi connectivity index (χ2v) is 4.07. The molecular weight excluding hydrogens is 295 g/mol.